The van der Waals surface area contributed by atoms with Crippen molar-refractivity contribution < 1.29 is 88.8 Å². The number of rotatable bonds is 22. The van der Waals surface area contributed by atoms with Crippen molar-refractivity contribution in [3.8, 4) is 0 Å². The average molecular weight is 892 g/mol. The van der Waals surface area contributed by atoms with Gasteiger partial charge >= 0.3 is 0 Å². The van der Waals surface area contributed by atoms with Crippen LogP contribution in [0.4, 0.5) is 0 Å². The Morgan fingerprint density at radius 2 is 0.820 bits per heavy atom. The largest absolute Gasteiger partial charge is 0.394 e. The maximum atomic E-state index is 12.0. The summed E-state index contributed by atoms with van der Waals surface area (Å²) in [6.45, 7) is 2.19. The van der Waals surface area contributed by atoms with E-state index in [1.807, 2.05) is 30.3 Å². The van der Waals surface area contributed by atoms with Crippen LogP contribution in [0.15, 0.2) is 30.3 Å². The van der Waals surface area contributed by atoms with E-state index in [4.69, 9.17) is 28.4 Å². The number of hydrogen-bond donors (Lipinski definition) is 12. The zero-order chi connectivity index (χ0) is 44.9. The summed E-state index contributed by atoms with van der Waals surface area (Å²) in [6, 6.07) is 8.24. The Kier molecular flexibility index (Phi) is 20.3. The van der Waals surface area contributed by atoms with Gasteiger partial charge in [0.05, 0.1) is 27.9 Å². The molecule has 15 atom stereocenters. The lowest BCUT2D eigenvalue weighted by Crippen LogP contribution is -2.64. The van der Waals surface area contributed by atoms with E-state index in [0.29, 0.717) is 37.4 Å². The smallest absolute Gasteiger partial charge is 0.217 e. The van der Waals surface area contributed by atoms with Gasteiger partial charge in [0, 0.05) is 40.6 Å². The van der Waals surface area contributed by atoms with Gasteiger partial charge in [-0.25, -0.2) is 0 Å². The molecule has 3 amide bonds. The number of carbonyl (C=O) groups excluding carboxylic acids is 3. The molecule has 0 unspecified atom stereocenters. The van der Waals surface area contributed by atoms with Crippen LogP contribution in [0.2, 0.25) is 18.1 Å². The van der Waals surface area contributed by atoms with E-state index in [0.717, 1.165) is 5.19 Å². The first-order chi connectivity index (χ1) is 29.1. The normalized spacial score (nSPS) is 34.4. The zero-order valence-corrected chi connectivity index (χ0v) is 35.7. The van der Waals surface area contributed by atoms with Gasteiger partial charge in [0.25, 0.3) is 0 Å². The maximum absolute atomic E-state index is 12.0. The standard InChI is InChI=1S/C39H65N3O18Si/c1-21(46)40-28-34(52)31(49)25(18-43)58-37(28)55-12-7-15-61(24-10-5-4-6-11-24,16-8-13-56-38-29(41-22(2)47)35(53)32(50)26(19-44)59-38)17-9-14-57-39-30(42-23(3)48)36(54)33(51)27(20-45)60-39/h4-6,10-11,25-39,43-45,49-54H,7-9,12-20H2,1-3H3,(H,40,46)(H,41,47)(H,42,48)/t25-,26-,27-,28-,29-,30-,31-,32-,33-,34-,35-,36-,37-,38-,39-/m1/s1. The summed E-state index contributed by atoms with van der Waals surface area (Å²) in [5, 5.41) is 102. The number of carbonyl (C=O) groups is 3. The minimum absolute atomic E-state index is 0.0877. The number of aliphatic hydroxyl groups is 9. The molecular weight excluding hydrogens is 827 g/mol. The molecule has 3 saturated heterocycles. The van der Waals surface area contributed by atoms with Gasteiger partial charge in [-0.05, 0) is 19.3 Å². The minimum atomic E-state index is -2.66. The second-order valence-electron chi connectivity index (χ2n) is 15.9. The molecule has 0 radical (unpaired) electrons. The number of amides is 3. The van der Waals surface area contributed by atoms with Crippen LogP contribution in [-0.2, 0) is 42.8 Å². The van der Waals surface area contributed by atoms with Gasteiger partial charge in [-0.3, -0.25) is 14.4 Å². The van der Waals surface area contributed by atoms with Crippen LogP contribution >= 0.6 is 0 Å². The monoisotopic (exact) mass is 891 g/mol. The van der Waals surface area contributed by atoms with Crippen LogP contribution in [0.25, 0.3) is 0 Å². The first-order valence-corrected chi connectivity index (χ1v) is 23.3. The van der Waals surface area contributed by atoms with E-state index >= 15 is 0 Å². The number of benzene rings is 1. The second kappa shape index (κ2) is 24.3. The molecule has 1 aromatic carbocycles. The van der Waals surface area contributed by atoms with Crippen molar-refractivity contribution in [1.29, 1.82) is 0 Å². The molecule has 0 aliphatic carbocycles. The van der Waals surface area contributed by atoms with Crippen molar-refractivity contribution >= 4 is 31.0 Å². The Balaban J connectivity index is 1.54. The van der Waals surface area contributed by atoms with E-state index in [-0.39, 0.29) is 19.8 Å². The van der Waals surface area contributed by atoms with Crippen LogP contribution in [0, 0.1) is 0 Å². The summed E-state index contributed by atoms with van der Waals surface area (Å²) in [7, 11) is -2.66. The first-order valence-electron chi connectivity index (χ1n) is 20.7. The molecule has 1 aromatic rings. The average Bonchev–Trinajstić information content (AvgIpc) is 3.23. The lowest BCUT2D eigenvalue weighted by molar-refractivity contribution is -0.270. The third-order valence-electron chi connectivity index (χ3n) is 11.4. The molecule has 21 nitrogen and oxygen atoms in total. The van der Waals surface area contributed by atoms with Gasteiger partial charge in [-0.1, -0.05) is 53.7 Å². The number of aliphatic hydroxyl groups excluding tert-OH is 9. The summed E-state index contributed by atoms with van der Waals surface area (Å²) in [5.74, 6) is -1.47. The van der Waals surface area contributed by atoms with Gasteiger partial charge in [0.2, 0.25) is 17.7 Å². The van der Waals surface area contributed by atoms with E-state index in [1.54, 1.807) is 0 Å². The molecule has 348 valence electrons. The van der Waals surface area contributed by atoms with Crippen molar-refractivity contribution in [2.24, 2.45) is 0 Å². The third kappa shape index (κ3) is 13.6. The summed E-state index contributed by atoms with van der Waals surface area (Å²) in [5.41, 5.74) is 0. The molecule has 0 spiro atoms. The van der Waals surface area contributed by atoms with Crippen molar-refractivity contribution in [3.05, 3.63) is 30.3 Å². The predicted molar refractivity (Wildman–Crippen MR) is 214 cm³/mol. The molecule has 4 rings (SSSR count). The van der Waals surface area contributed by atoms with Gasteiger partial charge in [0.15, 0.2) is 18.9 Å². The van der Waals surface area contributed by atoms with Gasteiger partial charge < -0.3 is 90.3 Å². The SMILES string of the molecule is CC(=O)N[C@H]1[C@H](OCCC[Si](CCCO[C@@H]2O[C@H](CO)[C@@H](O)[C@H](O)[C@H]2NC(C)=O)(CCCO[C@@H]2O[C@H](CO)[C@@H](O)[C@H](O)[C@H]2NC(C)=O)c2ccccc2)O[C@H](CO)[C@@H](O)[C@@H]1O. The third-order valence-corrected chi connectivity index (χ3v) is 16.9. The molecule has 0 bridgehead atoms. The molecule has 0 aromatic heterocycles. The van der Waals surface area contributed by atoms with Crippen LogP contribution in [0.3, 0.4) is 0 Å². The van der Waals surface area contributed by atoms with Crippen LogP contribution in [-0.4, -0.2) is 203 Å². The molecule has 12 N–H and O–H groups in total. The molecule has 3 fully saturated rings. The van der Waals surface area contributed by atoms with E-state index in [9.17, 15) is 60.3 Å². The predicted octanol–water partition coefficient (Wildman–Crippen LogP) is -4.61. The highest BCUT2D eigenvalue weighted by molar-refractivity contribution is 6.91. The van der Waals surface area contributed by atoms with E-state index in [1.165, 1.54) is 20.8 Å². The number of nitrogens with one attached hydrogen (secondary N) is 3. The Hall–Kier alpha value is -2.75. The lowest BCUT2D eigenvalue weighted by Gasteiger charge is -2.42. The zero-order valence-electron chi connectivity index (χ0n) is 34.7. The molecule has 3 aliphatic rings. The lowest BCUT2D eigenvalue weighted by atomic mass is 9.97. The quantitative estimate of drug-likeness (QED) is 0.0385. The van der Waals surface area contributed by atoms with Crippen molar-refractivity contribution in [3.63, 3.8) is 0 Å². The fourth-order valence-corrected chi connectivity index (χ4v) is 13.2. The molecule has 22 heteroatoms. The van der Waals surface area contributed by atoms with Gasteiger partial charge in [-0.2, -0.15) is 0 Å². The van der Waals surface area contributed by atoms with Crippen LogP contribution < -0.4 is 21.1 Å². The molecule has 61 heavy (non-hydrogen) atoms. The van der Waals surface area contributed by atoms with Crippen molar-refractivity contribution in [1.82, 2.24) is 16.0 Å². The van der Waals surface area contributed by atoms with Crippen LogP contribution in [0.1, 0.15) is 40.0 Å². The Morgan fingerprint density at radius 1 is 0.525 bits per heavy atom. The number of hydrogen-bond acceptors (Lipinski definition) is 18. The van der Waals surface area contributed by atoms with Crippen molar-refractivity contribution in [2.45, 2.75) is 150 Å². The van der Waals surface area contributed by atoms with Crippen molar-refractivity contribution in [2.75, 3.05) is 39.6 Å². The number of ether oxygens (including phenoxy) is 6. The van der Waals surface area contributed by atoms with Gasteiger partial charge in [0.1, 0.15) is 73.1 Å². The molecule has 3 aliphatic heterocycles. The van der Waals surface area contributed by atoms with E-state index < -0.39 is 138 Å². The fraction of sp³-hybridized carbons (Fsp3) is 0.769. The summed E-state index contributed by atoms with van der Waals surface area (Å²) in [4.78, 5) is 36.0. The first kappa shape index (κ1) is 50.9. The molecule has 0 saturated carbocycles. The highest BCUT2D eigenvalue weighted by Crippen LogP contribution is 2.30. The topological polar surface area (TPSA) is 325 Å². The minimum Gasteiger partial charge on any atom is -0.394 e. The second-order valence-corrected chi connectivity index (χ2v) is 20.5. The van der Waals surface area contributed by atoms with Gasteiger partial charge in [-0.15, -0.1) is 0 Å². The molecule has 3 heterocycles. The summed E-state index contributed by atoms with van der Waals surface area (Å²) in [6.07, 6.45) is -14.6. The van der Waals surface area contributed by atoms with Crippen LogP contribution in [0.5, 0.6) is 0 Å². The highest BCUT2D eigenvalue weighted by atomic mass is 28.3. The fourth-order valence-electron chi connectivity index (χ4n) is 8.27. The summed E-state index contributed by atoms with van der Waals surface area (Å²) < 4.78 is 35.5. The highest BCUT2D eigenvalue weighted by Gasteiger charge is 2.48. The summed E-state index contributed by atoms with van der Waals surface area (Å²) >= 11 is 0. The molecular formula is C39H65N3O18Si. The Morgan fingerprint density at radius 3 is 1.08 bits per heavy atom. The van der Waals surface area contributed by atoms with E-state index in [2.05, 4.69) is 16.0 Å². The maximum Gasteiger partial charge on any atom is 0.217 e. The Bertz CT molecular complexity index is 1360. The Labute approximate surface area is 355 Å².